The van der Waals surface area contributed by atoms with Gasteiger partial charge in [0.15, 0.2) is 5.78 Å². The van der Waals surface area contributed by atoms with Crippen molar-refractivity contribution in [1.29, 1.82) is 0 Å². The Morgan fingerprint density at radius 3 is 2.33 bits per heavy atom. The first kappa shape index (κ1) is 15.8. The molecule has 2 rings (SSSR count). The molecule has 0 saturated heterocycles. The lowest BCUT2D eigenvalue weighted by molar-refractivity contribution is 0.0905. The van der Waals surface area contributed by atoms with E-state index in [4.69, 9.17) is 4.74 Å². The number of hydrogen-bond acceptors (Lipinski definition) is 2. The van der Waals surface area contributed by atoms with Gasteiger partial charge in [-0.1, -0.05) is 46.3 Å². The summed E-state index contributed by atoms with van der Waals surface area (Å²) in [4.78, 5) is 13.0. The lowest BCUT2D eigenvalue weighted by Crippen LogP contribution is -2.29. The molecule has 0 heterocycles. The van der Waals surface area contributed by atoms with Crippen LogP contribution in [0.4, 0.5) is 0 Å². The molecule has 0 saturated carbocycles. The van der Waals surface area contributed by atoms with Gasteiger partial charge in [0.05, 0.1) is 18.1 Å². The Kier molecular flexibility index (Phi) is 4.52. The van der Waals surface area contributed by atoms with Crippen molar-refractivity contribution in [3.05, 3.63) is 63.6 Å². The predicted octanol–water partition coefficient (Wildman–Crippen LogP) is 4.93. The molecule has 0 N–H and O–H groups in total. The Balaban J connectivity index is 2.52. The van der Waals surface area contributed by atoms with Crippen LogP contribution in [0.3, 0.4) is 0 Å². The van der Waals surface area contributed by atoms with E-state index in [9.17, 15) is 4.79 Å². The first-order valence-electron chi connectivity index (χ1n) is 6.82. The standard InChI is InChI=1S/C18H19BrO2/c1-12-10-16(21-4)14(11-15(12)19)17(20)18(2,3)13-8-6-5-7-9-13/h5-11H,1-4H3. The minimum Gasteiger partial charge on any atom is -0.496 e. The number of Topliss-reactive ketones (excluding diaryl/α,β-unsaturated/α-hetero) is 1. The Hall–Kier alpha value is -1.61. The second-order valence-corrected chi connectivity index (χ2v) is 6.48. The van der Waals surface area contributed by atoms with Crippen molar-refractivity contribution < 1.29 is 9.53 Å². The number of hydrogen-bond donors (Lipinski definition) is 0. The monoisotopic (exact) mass is 346 g/mol. The molecule has 0 spiro atoms. The molecular weight excluding hydrogens is 328 g/mol. The first-order valence-corrected chi connectivity index (χ1v) is 7.61. The van der Waals surface area contributed by atoms with Crippen LogP contribution < -0.4 is 4.74 Å². The smallest absolute Gasteiger partial charge is 0.176 e. The highest BCUT2D eigenvalue weighted by Crippen LogP contribution is 2.34. The maximum Gasteiger partial charge on any atom is 0.176 e. The van der Waals surface area contributed by atoms with Gasteiger partial charge >= 0.3 is 0 Å². The summed E-state index contributed by atoms with van der Waals surface area (Å²) in [5.41, 5.74) is 2.03. The zero-order chi connectivity index (χ0) is 15.6. The summed E-state index contributed by atoms with van der Waals surface area (Å²) in [6.45, 7) is 5.86. The maximum absolute atomic E-state index is 13.0. The molecule has 110 valence electrons. The number of benzene rings is 2. The van der Waals surface area contributed by atoms with E-state index in [1.54, 1.807) is 7.11 Å². The molecule has 0 unspecified atom stereocenters. The van der Waals surface area contributed by atoms with E-state index in [1.807, 2.05) is 63.2 Å². The van der Waals surface area contributed by atoms with Crippen LogP contribution in [0.2, 0.25) is 0 Å². The third kappa shape index (κ3) is 3.03. The van der Waals surface area contributed by atoms with Crippen molar-refractivity contribution >= 4 is 21.7 Å². The van der Waals surface area contributed by atoms with Crippen molar-refractivity contribution in [3.8, 4) is 5.75 Å². The fourth-order valence-electron chi connectivity index (χ4n) is 2.32. The van der Waals surface area contributed by atoms with Gasteiger partial charge in [-0.15, -0.1) is 0 Å². The summed E-state index contributed by atoms with van der Waals surface area (Å²) in [5.74, 6) is 0.663. The molecule has 0 bridgehead atoms. The average Bonchev–Trinajstić information content (AvgIpc) is 2.49. The lowest BCUT2D eigenvalue weighted by Gasteiger charge is -2.25. The molecule has 21 heavy (non-hydrogen) atoms. The van der Waals surface area contributed by atoms with E-state index in [2.05, 4.69) is 15.9 Å². The molecule has 0 aliphatic rings. The van der Waals surface area contributed by atoms with Crippen LogP contribution in [0.5, 0.6) is 5.75 Å². The molecule has 3 heteroatoms. The van der Waals surface area contributed by atoms with E-state index in [0.717, 1.165) is 15.6 Å². The summed E-state index contributed by atoms with van der Waals surface area (Å²) in [5, 5.41) is 0. The van der Waals surface area contributed by atoms with Gasteiger partial charge in [-0.3, -0.25) is 4.79 Å². The Morgan fingerprint density at radius 2 is 1.76 bits per heavy atom. The summed E-state index contributed by atoms with van der Waals surface area (Å²) >= 11 is 3.49. The van der Waals surface area contributed by atoms with E-state index in [1.165, 1.54) is 0 Å². The van der Waals surface area contributed by atoms with Crippen molar-refractivity contribution in [2.24, 2.45) is 0 Å². The van der Waals surface area contributed by atoms with Crippen LogP contribution >= 0.6 is 15.9 Å². The SMILES string of the molecule is COc1cc(C)c(Br)cc1C(=O)C(C)(C)c1ccccc1. The van der Waals surface area contributed by atoms with Crippen LogP contribution in [0.25, 0.3) is 0 Å². The molecule has 0 aliphatic heterocycles. The minimum absolute atomic E-state index is 0.0475. The van der Waals surface area contributed by atoms with E-state index in [0.29, 0.717) is 11.3 Å². The maximum atomic E-state index is 13.0. The number of carbonyl (C=O) groups is 1. The van der Waals surface area contributed by atoms with Gasteiger partial charge in [-0.2, -0.15) is 0 Å². The molecule has 0 radical (unpaired) electrons. The predicted molar refractivity (Wildman–Crippen MR) is 89.2 cm³/mol. The lowest BCUT2D eigenvalue weighted by atomic mass is 9.78. The molecule has 0 aromatic heterocycles. The van der Waals surface area contributed by atoms with Gasteiger partial charge in [0.1, 0.15) is 5.75 Å². The van der Waals surface area contributed by atoms with Crippen LogP contribution in [0.15, 0.2) is 46.9 Å². The van der Waals surface area contributed by atoms with Gasteiger partial charge in [-0.05, 0) is 44.0 Å². The molecule has 0 aliphatic carbocycles. The molecule has 0 fully saturated rings. The average molecular weight is 347 g/mol. The highest BCUT2D eigenvalue weighted by molar-refractivity contribution is 9.10. The summed E-state index contributed by atoms with van der Waals surface area (Å²) < 4.78 is 6.30. The Bertz CT molecular complexity index is 660. The number of carbonyl (C=O) groups excluding carboxylic acids is 1. The number of ketones is 1. The van der Waals surface area contributed by atoms with Gasteiger partial charge in [0, 0.05) is 4.47 Å². The topological polar surface area (TPSA) is 26.3 Å². The second kappa shape index (κ2) is 6.02. The zero-order valence-corrected chi connectivity index (χ0v) is 14.3. The number of aryl methyl sites for hydroxylation is 1. The van der Waals surface area contributed by atoms with Crippen LogP contribution in [-0.2, 0) is 5.41 Å². The number of methoxy groups -OCH3 is 1. The Labute approximate surface area is 134 Å². The van der Waals surface area contributed by atoms with E-state index >= 15 is 0 Å². The normalized spacial score (nSPS) is 11.3. The van der Waals surface area contributed by atoms with Gasteiger partial charge in [-0.25, -0.2) is 0 Å². The number of ether oxygens (including phenoxy) is 1. The molecule has 2 aromatic carbocycles. The summed E-state index contributed by atoms with van der Waals surface area (Å²) in [6.07, 6.45) is 0. The zero-order valence-electron chi connectivity index (χ0n) is 12.7. The van der Waals surface area contributed by atoms with Crippen LogP contribution in [0, 0.1) is 6.92 Å². The Morgan fingerprint density at radius 1 is 1.14 bits per heavy atom. The number of halogens is 1. The molecule has 2 aromatic rings. The fraction of sp³-hybridized carbons (Fsp3) is 0.278. The molecular formula is C18H19BrO2. The van der Waals surface area contributed by atoms with Crippen molar-refractivity contribution in [3.63, 3.8) is 0 Å². The third-order valence-electron chi connectivity index (χ3n) is 3.79. The molecule has 0 amide bonds. The minimum atomic E-state index is -0.608. The molecule has 2 nitrogen and oxygen atoms in total. The third-order valence-corrected chi connectivity index (χ3v) is 4.64. The van der Waals surface area contributed by atoms with Crippen LogP contribution in [0.1, 0.15) is 35.3 Å². The number of rotatable bonds is 4. The largest absolute Gasteiger partial charge is 0.496 e. The van der Waals surface area contributed by atoms with E-state index < -0.39 is 5.41 Å². The summed E-state index contributed by atoms with van der Waals surface area (Å²) in [7, 11) is 1.59. The van der Waals surface area contributed by atoms with E-state index in [-0.39, 0.29) is 5.78 Å². The first-order chi connectivity index (χ1) is 9.87. The van der Waals surface area contributed by atoms with Gasteiger partial charge < -0.3 is 4.74 Å². The highest BCUT2D eigenvalue weighted by atomic mass is 79.9. The van der Waals surface area contributed by atoms with Crippen LogP contribution in [-0.4, -0.2) is 12.9 Å². The second-order valence-electron chi connectivity index (χ2n) is 5.62. The fourth-order valence-corrected chi connectivity index (χ4v) is 2.67. The quantitative estimate of drug-likeness (QED) is 0.734. The van der Waals surface area contributed by atoms with Crippen molar-refractivity contribution in [2.45, 2.75) is 26.2 Å². The van der Waals surface area contributed by atoms with Crippen molar-refractivity contribution in [2.75, 3.05) is 7.11 Å². The van der Waals surface area contributed by atoms with Crippen molar-refractivity contribution in [1.82, 2.24) is 0 Å². The highest BCUT2D eigenvalue weighted by Gasteiger charge is 2.32. The van der Waals surface area contributed by atoms with Gasteiger partial charge in [0.2, 0.25) is 0 Å². The van der Waals surface area contributed by atoms with Gasteiger partial charge in [0.25, 0.3) is 0 Å². The summed E-state index contributed by atoms with van der Waals surface area (Å²) in [6, 6.07) is 13.5. The molecule has 0 atom stereocenters.